The third-order valence-electron chi connectivity index (χ3n) is 23.0. The number of likely N-dealkylation sites (tertiary alicyclic amines) is 2. The first-order valence-electron chi connectivity index (χ1n) is 43.9. The predicted octanol–water partition coefficient (Wildman–Crippen LogP) is 13.9. The van der Waals surface area contributed by atoms with Crippen molar-refractivity contribution in [3.05, 3.63) is 157 Å². The van der Waals surface area contributed by atoms with Crippen LogP contribution in [0, 0.1) is 50.4 Å². The zero-order valence-corrected chi connectivity index (χ0v) is 75.2. The van der Waals surface area contributed by atoms with E-state index in [-0.39, 0.29) is 81.8 Å². The van der Waals surface area contributed by atoms with Crippen LogP contribution >= 0.6 is 0 Å². The molecule has 0 radical (unpaired) electrons. The fraction of sp³-hybridized carbons (Fsp3) is 0.600. The number of nitrogens with one attached hydrogen (secondary N) is 6. The molecule has 0 bridgehead atoms. The van der Waals surface area contributed by atoms with Gasteiger partial charge in [0.1, 0.15) is 35.7 Å². The quantitative estimate of drug-likeness (QED) is 0.0308. The van der Waals surface area contributed by atoms with Crippen LogP contribution in [-0.4, -0.2) is 170 Å². The number of ketones is 1. The van der Waals surface area contributed by atoms with Gasteiger partial charge in [0.05, 0.1) is 48.8 Å². The summed E-state index contributed by atoms with van der Waals surface area (Å²) in [6.07, 6.45) is 16.4. The summed E-state index contributed by atoms with van der Waals surface area (Å²) in [5.41, 5.74) is 40.6. The first-order chi connectivity index (χ1) is 58.4. The monoisotopic (exact) mass is 1700 g/mol. The standard InChI is InChI=1S/C41H63N5O7.C41H61N5O7.C17H4.CH4/c2*1-9-13-30(34(48)38(50)42-29-16-17-29)43-37(49)32-22-41(21-31(45-53-41)28-18-25(4)35(26(5)19-28)52-24(2)3)23-46(32)39(51)36(40(6,7)8)44-33(47)20-27-14-11-10-12-15-27;1-3-5-7-9-11-13-15-17-16-14-12-10-8-6-4-2;/h18-19,24,27,29-30,32,34,36,48H,9-17,20-23H2,1-8H3,(H,42,50)(H,43,49)(H,44,47);18-19,24,27,29-30,32,36H,9-17,20-23H2,1-8H3,(H,42,50)(H,43,49)(H,44,47);1-2H2;1H4/t30-,32-,34?,36+,41+;30-,32-,36+,41+;;/m00../s1. The average Bonchev–Trinajstić information content (AvgIpc) is 1.60. The number of benzene rings is 2. The summed E-state index contributed by atoms with van der Waals surface area (Å²) in [7, 11) is 0. The van der Waals surface area contributed by atoms with Crippen LogP contribution in [0.1, 0.15) is 278 Å². The number of aliphatic hydroxyl groups excluding tert-OH is 1. The summed E-state index contributed by atoms with van der Waals surface area (Å²) >= 11 is 0. The molecule has 8 amide bonds. The average molecular weight is 1700 g/mol. The number of aryl methyl sites for hydroxylation is 4. The lowest BCUT2D eigenvalue weighted by atomic mass is 9.84. The molecule has 4 aliphatic heterocycles. The molecule has 10 rings (SSSR count). The highest BCUT2D eigenvalue weighted by Crippen LogP contribution is 2.44. The maximum absolute atomic E-state index is 14.7. The van der Waals surface area contributed by atoms with Gasteiger partial charge in [0, 0.05) is 61.7 Å². The van der Waals surface area contributed by atoms with Crippen LogP contribution in [0.2, 0.25) is 0 Å². The van der Waals surface area contributed by atoms with Gasteiger partial charge in [-0.2, -0.15) is 0 Å². The zero-order valence-electron chi connectivity index (χ0n) is 75.2. The van der Waals surface area contributed by atoms with Crippen LogP contribution < -0.4 is 41.4 Å². The number of carbonyl (C=O) groups is 9. The molecular weight excluding hydrogens is 1570 g/mol. The topological polar surface area (TPSA) is 314 Å². The highest BCUT2D eigenvalue weighted by atomic mass is 16.7. The van der Waals surface area contributed by atoms with Gasteiger partial charge in [0.2, 0.25) is 41.2 Å². The molecule has 2 aromatic rings. The Hall–Kier alpha value is -11.2. The van der Waals surface area contributed by atoms with Crippen LogP contribution in [0.3, 0.4) is 0 Å². The molecular formula is C100H132N10O14. The van der Waals surface area contributed by atoms with E-state index in [1.54, 1.807) is 0 Å². The predicted molar refractivity (Wildman–Crippen MR) is 476 cm³/mol. The summed E-state index contributed by atoms with van der Waals surface area (Å²) in [5.74, 6) is -1.78. The summed E-state index contributed by atoms with van der Waals surface area (Å²) in [6, 6.07) is 2.41. The van der Waals surface area contributed by atoms with Crippen LogP contribution in [-0.2, 0) is 52.8 Å². The number of aliphatic hydroxyl groups is 1. The second-order valence-electron chi connectivity index (χ2n) is 36.8. The molecule has 8 aliphatic rings. The second-order valence-corrected chi connectivity index (χ2v) is 36.8. The first-order valence-corrected chi connectivity index (χ1v) is 43.9. The Balaban J connectivity index is 0.000000285. The van der Waals surface area contributed by atoms with E-state index in [0.29, 0.717) is 68.2 Å². The molecule has 1 unspecified atom stereocenters. The normalized spacial score (nSPS) is 20.4. The number of carbonyl (C=O) groups excluding carboxylic acids is 9. The van der Waals surface area contributed by atoms with E-state index in [1.165, 1.54) is 22.6 Å². The van der Waals surface area contributed by atoms with Crippen molar-refractivity contribution in [1.82, 2.24) is 41.7 Å². The van der Waals surface area contributed by atoms with Gasteiger partial charge >= 0.3 is 0 Å². The molecule has 2 spiro atoms. The largest absolute Gasteiger partial charge is 0.490 e. The van der Waals surface area contributed by atoms with Crippen molar-refractivity contribution in [3.8, 4) is 11.5 Å². The van der Waals surface area contributed by atoms with Gasteiger partial charge in [0.15, 0.2) is 17.3 Å². The molecule has 7 N–H and O–H groups in total. The Bertz CT molecular complexity index is 4810. The van der Waals surface area contributed by atoms with Crippen molar-refractivity contribution in [1.29, 1.82) is 0 Å². The van der Waals surface area contributed by atoms with E-state index in [9.17, 15) is 48.3 Å². The molecule has 6 fully saturated rings. The SMILES string of the molecule is C.C=C=C=C=C=C=C=C=C=C=C=C=C=C=C=C=C.CCC[C@H](NC(=O)[C@@H]1C[C@]2(CC(c3cc(C)c(OC(C)C)c(C)c3)=NO2)CN1C(=O)[C@@H](NC(=O)CC1CCCCC1)C(C)(C)C)C(=O)C(=O)NC1CC1.CCC[C@H](NC(=O)[C@@H]1C[C@]2(CC(c3cc(C)c(OC(C)C)c(C)c3)=NO2)CN1C(=O)[C@@H](NC(=O)CC1CCCCC1)C(C)(C)C)C(O)C(=O)NC1CC1. The molecule has 2 aromatic carbocycles. The molecule has 0 aromatic heterocycles. The number of ether oxygens (including phenoxy) is 2. The maximum Gasteiger partial charge on any atom is 0.289 e. The van der Waals surface area contributed by atoms with Gasteiger partial charge in [-0.3, -0.25) is 43.2 Å². The number of nitrogens with zero attached hydrogens (tertiary/aromatic N) is 4. The number of amides is 8. The van der Waals surface area contributed by atoms with Crippen molar-refractivity contribution < 1.29 is 67.4 Å². The minimum atomic E-state index is -1.44. The van der Waals surface area contributed by atoms with Gasteiger partial charge in [0.25, 0.3) is 11.8 Å². The van der Waals surface area contributed by atoms with E-state index in [2.05, 4.69) is 141 Å². The van der Waals surface area contributed by atoms with E-state index >= 15 is 0 Å². The minimum Gasteiger partial charge on any atom is -0.490 e. The smallest absolute Gasteiger partial charge is 0.289 e. The molecule has 9 atom stereocenters. The Morgan fingerprint density at radius 2 is 0.871 bits per heavy atom. The van der Waals surface area contributed by atoms with E-state index in [0.717, 1.165) is 122 Å². The van der Waals surface area contributed by atoms with Crippen LogP contribution in [0.25, 0.3) is 0 Å². The molecule has 24 nitrogen and oxygen atoms in total. The van der Waals surface area contributed by atoms with Crippen molar-refractivity contribution in [3.63, 3.8) is 0 Å². The Kier molecular flexibility index (Phi) is 37.5. The molecule has 24 heteroatoms. The minimum absolute atomic E-state index is 0. The van der Waals surface area contributed by atoms with E-state index < -0.39 is 99.7 Å². The number of rotatable bonds is 28. The van der Waals surface area contributed by atoms with Gasteiger partial charge in [-0.15, -0.1) is 0 Å². The van der Waals surface area contributed by atoms with Crippen LogP contribution in [0.15, 0.2) is 134 Å². The summed E-state index contributed by atoms with van der Waals surface area (Å²) in [5, 5.41) is 37.6. The zero-order chi connectivity index (χ0) is 89.9. The fourth-order valence-corrected chi connectivity index (χ4v) is 16.5. The highest BCUT2D eigenvalue weighted by molar-refractivity contribution is 6.38. The van der Waals surface area contributed by atoms with Crippen molar-refractivity contribution in [2.75, 3.05) is 13.1 Å². The maximum atomic E-state index is 14.7. The summed E-state index contributed by atoms with van der Waals surface area (Å²) in [4.78, 5) is 139. The van der Waals surface area contributed by atoms with E-state index in [4.69, 9.17) is 19.1 Å². The lowest BCUT2D eigenvalue weighted by Gasteiger charge is -2.36. The Labute approximate surface area is 734 Å². The molecule has 4 heterocycles. The van der Waals surface area contributed by atoms with Crippen molar-refractivity contribution in [2.24, 2.45) is 33.0 Å². The van der Waals surface area contributed by atoms with Gasteiger partial charge < -0.3 is 66.0 Å². The third kappa shape index (κ3) is 29.5. The molecule has 4 saturated carbocycles. The van der Waals surface area contributed by atoms with Crippen LogP contribution in [0.5, 0.6) is 11.5 Å². The molecule has 666 valence electrons. The lowest BCUT2D eigenvalue weighted by Crippen LogP contribution is -2.59. The lowest BCUT2D eigenvalue weighted by molar-refractivity contribution is -0.145. The summed E-state index contributed by atoms with van der Waals surface area (Å²) in [6.45, 7) is 37.9. The number of Topliss-reactive ketones (excluding diaryl/α,β-unsaturated/α-hetero) is 1. The number of hydrogen-bond acceptors (Lipinski definition) is 16. The molecule has 4 aliphatic carbocycles. The van der Waals surface area contributed by atoms with Crippen molar-refractivity contribution >= 4 is 64.5 Å². The van der Waals surface area contributed by atoms with Crippen LogP contribution in [0.4, 0.5) is 0 Å². The summed E-state index contributed by atoms with van der Waals surface area (Å²) < 4.78 is 12.1. The Morgan fingerprint density at radius 3 is 1.21 bits per heavy atom. The highest BCUT2D eigenvalue weighted by Gasteiger charge is 2.58. The number of oxime groups is 2. The fourth-order valence-electron chi connectivity index (χ4n) is 16.5. The third-order valence-corrected chi connectivity index (χ3v) is 23.0. The number of hydrogen-bond donors (Lipinski definition) is 7. The second kappa shape index (κ2) is 46.5. The Morgan fingerprint density at radius 1 is 0.516 bits per heavy atom. The molecule has 124 heavy (non-hydrogen) atoms. The van der Waals surface area contributed by atoms with Crippen molar-refractivity contribution in [2.45, 2.75) is 350 Å². The van der Waals surface area contributed by atoms with Gasteiger partial charge in [-0.05, 0) is 276 Å². The van der Waals surface area contributed by atoms with E-state index in [1.807, 2.05) is 135 Å². The van der Waals surface area contributed by atoms with Gasteiger partial charge in [-0.25, -0.2) is 0 Å². The molecule has 2 saturated heterocycles. The van der Waals surface area contributed by atoms with Gasteiger partial charge in [-0.1, -0.05) is 136 Å². The first kappa shape index (κ1) is 99.9.